The number of rotatable bonds is 9. The van der Waals surface area contributed by atoms with Gasteiger partial charge in [-0.3, -0.25) is 0 Å². The van der Waals surface area contributed by atoms with Crippen LogP contribution in [0, 0.1) is 17.8 Å². The first-order valence-electron chi connectivity index (χ1n) is 6.88. The van der Waals surface area contributed by atoms with Gasteiger partial charge in [-0.2, -0.15) is 0 Å². The molecule has 0 saturated carbocycles. The van der Waals surface area contributed by atoms with Crippen LogP contribution in [0.2, 0.25) is 0 Å². The van der Waals surface area contributed by atoms with Crippen LogP contribution in [-0.4, -0.2) is 37.6 Å². The van der Waals surface area contributed by atoms with Crippen molar-refractivity contribution in [2.24, 2.45) is 17.8 Å². The molecule has 2 nitrogen and oxygen atoms in total. The van der Waals surface area contributed by atoms with E-state index in [1.165, 1.54) is 19.6 Å². The van der Waals surface area contributed by atoms with Crippen molar-refractivity contribution >= 4 is 0 Å². The monoisotopic (exact) mass is 228 g/mol. The second kappa shape index (κ2) is 9.00. The van der Waals surface area contributed by atoms with Gasteiger partial charge >= 0.3 is 0 Å². The molecule has 2 heteroatoms. The van der Waals surface area contributed by atoms with E-state index < -0.39 is 0 Å². The van der Waals surface area contributed by atoms with Crippen LogP contribution in [0.25, 0.3) is 0 Å². The van der Waals surface area contributed by atoms with Crippen LogP contribution in [0.15, 0.2) is 0 Å². The summed E-state index contributed by atoms with van der Waals surface area (Å²) in [5, 5.41) is 3.43. The van der Waals surface area contributed by atoms with Gasteiger partial charge < -0.3 is 10.2 Å². The van der Waals surface area contributed by atoms with Gasteiger partial charge in [0.25, 0.3) is 0 Å². The quantitative estimate of drug-likeness (QED) is 0.653. The smallest absolute Gasteiger partial charge is 0.00194 e. The normalized spacial score (nSPS) is 14.1. The van der Waals surface area contributed by atoms with E-state index in [1.807, 2.05) is 0 Å². The Labute approximate surface area is 103 Å². The van der Waals surface area contributed by atoms with E-state index >= 15 is 0 Å². The third kappa shape index (κ3) is 9.17. The lowest BCUT2D eigenvalue weighted by molar-refractivity contribution is 0.191. The molecule has 0 bridgehead atoms. The molecule has 1 unspecified atom stereocenters. The van der Waals surface area contributed by atoms with Crippen molar-refractivity contribution in [3.63, 3.8) is 0 Å². The lowest BCUT2D eigenvalue weighted by atomic mass is 10.1. The number of hydrogen-bond donors (Lipinski definition) is 1. The van der Waals surface area contributed by atoms with E-state index in [9.17, 15) is 0 Å². The zero-order valence-electron chi connectivity index (χ0n) is 12.2. The second-order valence-electron chi connectivity index (χ2n) is 5.92. The minimum Gasteiger partial charge on any atom is -0.317 e. The van der Waals surface area contributed by atoms with Crippen molar-refractivity contribution in [3.05, 3.63) is 0 Å². The highest BCUT2D eigenvalue weighted by molar-refractivity contribution is 4.67. The SMILES string of the molecule is CCNCC(C)CN(CC(C)C)CC(C)C. The third-order valence-electron chi connectivity index (χ3n) is 2.56. The summed E-state index contributed by atoms with van der Waals surface area (Å²) in [4.78, 5) is 2.62. The number of nitrogens with zero attached hydrogens (tertiary/aromatic N) is 1. The van der Waals surface area contributed by atoms with E-state index in [4.69, 9.17) is 0 Å². The molecule has 0 aromatic rings. The Bertz CT molecular complexity index is 145. The van der Waals surface area contributed by atoms with Crippen LogP contribution in [-0.2, 0) is 0 Å². The summed E-state index contributed by atoms with van der Waals surface area (Å²) in [5.74, 6) is 2.28. The van der Waals surface area contributed by atoms with Crippen molar-refractivity contribution in [2.75, 3.05) is 32.7 Å². The molecular weight excluding hydrogens is 196 g/mol. The third-order valence-corrected chi connectivity index (χ3v) is 2.56. The van der Waals surface area contributed by atoms with E-state index in [2.05, 4.69) is 51.8 Å². The highest BCUT2D eigenvalue weighted by atomic mass is 15.1. The molecular formula is C14H32N2. The van der Waals surface area contributed by atoms with Gasteiger partial charge in [-0.05, 0) is 30.8 Å². The molecule has 1 atom stereocenters. The molecule has 0 amide bonds. The fraction of sp³-hybridized carbons (Fsp3) is 1.00. The van der Waals surface area contributed by atoms with Gasteiger partial charge in [-0.1, -0.05) is 41.5 Å². The van der Waals surface area contributed by atoms with Crippen molar-refractivity contribution in [1.29, 1.82) is 0 Å². The molecule has 16 heavy (non-hydrogen) atoms. The largest absolute Gasteiger partial charge is 0.317 e. The summed E-state index contributed by atoms with van der Waals surface area (Å²) in [6, 6.07) is 0. The van der Waals surface area contributed by atoms with Crippen LogP contribution in [0.3, 0.4) is 0 Å². The van der Waals surface area contributed by atoms with Crippen molar-refractivity contribution in [2.45, 2.75) is 41.5 Å². The Balaban J connectivity index is 3.98. The molecule has 0 spiro atoms. The second-order valence-corrected chi connectivity index (χ2v) is 5.92. The number of hydrogen-bond acceptors (Lipinski definition) is 2. The predicted octanol–water partition coefficient (Wildman–Crippen LogP) is 2.85. The summed E-state index contributed by atoms with van der Waals surface area (Å²) in [6.07, 6.45) is 0. The molecule has 0 heterocycles. The minimum absolute atomic E-state index is 0.748. The zero-order chi connectivity index (χ0) is 12.6. The summed E-state index contributed by atoms with van der Waals surface area (Å²) >= 11 is 0. The fourth-order valence-corrected chi connectivity index (χ4v) is 2.15. The van der Waals surface area contributed by atoms with Gasteiger partial charge in [0.1, 0.15) is 0 Å². The van der Waals surface area contributed by atoms with Gasteiger partial charge in [-0.15, -0.1) is 0 Å². The molecule has 0 rings (SSSR count). The summed E-state index contributed by atoms with van der Waals surface area (Å²) in [5.41, 5.74) is 0. The maximum atomic E-state index is 3.43. The minimum atomic E-state index is 0.748. The molecule has 0 aromatic carbocycles. The molecule has 0 aliphatic carbocycles. The van der Waals surface area contributed by atoms with E-state index in [0.29, 0.717) is 0 Å². The van der Waals surface area contributed by atoms with Gasteiger partial charge in [0.2, 0.25) is 0 Å². The van der Waals surface area contributed by atoms with Crippen LogP contribution >= 0.6 is 0 Å². The summed E-state index contributed by atoms with van der Waals surface area (Å²) in [7, 11) is 0. The molecule has 0 aliphatic rings. The Morgan fingerprint density at radius 3 is 1.75 bits per heavy atom. The first-order valence-corrected chi connectivity index (χ1v) is 6.88. The van der Waals surface area contributed by atoms with Crippen molar-refractivity contribution < 1.29 is 0 Å². The number of nitrogens with one attached hydrogen (secondary N) is 1. The maximum Gasteiger partial charge on any atom is 0.00194 e. The van der Waals surface area contributed by atoms with E-state index in [-0.39, 0.29) is 0 Å². The molecule has 0 aromatic heterocycles. The van der Waals surface area contributed by atoms with Crippen molar-refractivity contribution in [3.8, 4) is 0 Å². The Morgan fingerprint density at radius 1 is 0.875 bits per heavy atom. The predicted molar refractivity (Wildman–Crippen MR) is 73.8 cm³/mol. The molecule has 0 radical (unpaired) electrons. The lowest BCUT2D eigenvalue weighted by Crippen LogP contribution is -2.37. The summed E-state index contributed by atoms with van der Waals surface area (Å²) in [6.45, 7) is 19.7. The maximum absolute atomic E-state index is 3.43. The van der Waals surface area contributed by atoms with Crippen molar-refractivity contribution in [1.82, 2.24) is 10.2 Å². The Hall–Kier alpha value is -0.0800. The molecule has 98 valence electrons. The Morgan fingerprint density at radius 2 is 1.38 bits per heavy atom. The summed E-state index contributed by atoms with van der Waals surface area (Å²) < 4.78 is 0. The van der Waals surface area contributed by atoms with Crippen LogP contribution in [0.4, 0.5) is 0 Å². The van der Waals surface area contributed by atoms with Crippen LogP contribution in [0.1, 0.15) is 41.5 Å². The van der Waals surface area contributed by atoms with Gasteiger partial charge in [-0.25, -0.2) is 0 Å². The molecule has 0 saturated heterocycles. The van der Waals surface area contributed by atoms with E-state index in [1.54, 1.807) is 0 Å². The fourth-order valence-electron chi connectivity index (χ4n) is 2.15. The highest BCUT2D eigenvalue weighted by Gasteiger charge is 2.12. The Kier molecular flexibility index (Phi) is 8.96. The molecule has 1 N–H and O–H groups in total. The van der Waals surface area contributed by atoms with E-state index in [0.717, 1.165) is 30.8 Å². The van der Waals surface area contributed by atoms with Gasteiger partial charge in [0, 0.05) is 19.6 Å². The first-order chi connectivity index (χ1) is 7.45. The van der Waals surface area contributed by atoms with Gasteiger partial charge in [0.05, 0.1) is 0 Å². The standard InChI is InChI=1S/C14H32N2/c1-7-15-8-14(6)11-16(9-12(2)3)10-13(4)5/h12-15H,7-11H2,1-6H3. The highest BCUT2D eigenvalue weighted by Crippen LogP contribution is 2.07. The van der Waals surface area contributed by atoms with Crippen LogP contribution < -0.4 is 5.32 Å². The zero-order valence-corrected chi connectivity index (χ0v) is 12.2. The lowest BCUT2D eigenvalue weighted by Gasteiger charge is -2.29. The average molecular weight is 228 g/mol. The van der Waals surface area contributed by atoms with Crippen LogP contribution in [0.5, 0.6) is 0 Å². The molecule has 0 aliphatic heterocycles. The first kappa shape index (κ1) is 15.9. The average Bonchev–Trinajstić information content (AvgIpc) is 2.12. The molecule has 0 fully saturated rings. The van der Waals surface area contributed by atoms with Gasteiger partial charge in [0.15, 0.2) is 0 Å². The topological polar surface area (TPSA) is 15.3 Å².